The lowest BCUT2D eigenvalue weighted by Gasteiger charge is -2.15. The summed E-state index contributed by atoms with van der Waals surface area (Å²) in [5.41, 5.74) is 2.28. The number of imide groups is 1. The highest BCUT2D eigenvalue weighted by atomic mass is 16.2. The quantitative estimate of drug-likeness (QED) is 0.725. The summed E-state index contributed by atoms with van der Waals surface area (Å²) >= 11 is 0. The number of nitrogens with zero attached hydrogens (tertiary/aromatic N) is 1. The molecule has 3 heteroatoms. The van der Waals surface area contributed by atoms with Gasteiger partial charge in [0.25, 0.3) is 0 Å². The van der Waals surface area contributed by atoms with Crippen molar-refractivity contribution in [2.75, 3.05) is 0 Å². The molecule has 1 aromatic rings. The fourth-order valence-electron chi connectivity index (χ4n) is 2.03. The van der Waals surface area contributed by atoms with Crippen LogP contribution in [0.3, 0.4) is 0 Å². The molecule has 0 saturated carbocycles. The van der Waals surface area contributed by atoms with Crippen LogP contribution in [-0.4, -0.2) is 16.7 Å². The van der Waals surface area contributed by atoms with Crippen LogP contribution >= 0.6 is 0 Å². The Labute approximate surface area is 95.1 Å². The van der Waals surface area contributed by atoms with E-state index in [9.17, 15) is 9.59 Å². The number of likely N-dealkylation sites (tertiary alicyclic amines) is 1. The van der Waals surface area contributed by atoms with Gasteiger partial charge in [0.05, 0.1) is 6.54 Å². The summed E-state index contributed by atoms with van der Waals surface area (Å²) in [4.78, 5) is 24.4. The standard InChI is InChI=1S/C13H15NO2/c1-2-10-5-3-4-6-11(10)9-14-12(15)7-8-13(14)16/h3-6H,2,7-9H2,1H3. The van der Waals surface area contributed by atoms with Crippen LogP contribution in [0.1, 0.15) is 30.9 Å². The highest BCUT2D eigenvalue weighted by Crippen LogP contribution is 2.18. The number of hydrogen-bond donors (Lipinski definition) is 0. The van der Waals surface area contributed by atoms with E-state index in [4.69, 9.17) is 0 Å². The lowest BCUT2D eigenvalue weighted by Crippen LogP contribution is -2.28. The van der Waals surface area contributed by atoms with Gasteiger partial charge in [0.1, 0.15) is 0 Å². The molecule has 1 fully saturated rings. The molecule has 1 aliphatic rings. The highest BCUT2D eigenvalue weighted by molar-refractivity contribution is 6.01. The Balaban J connectivity index is 2.20. The number of benzene rings is 1. The van der Waals surface area contributed by atoms with Gasteiger partial charge in [0, 0.05) is 12.8 Å². The van der Waals surface area contributed by atoms with Crippen LogP contribution < -0.4 is 0 Å². The van der Waals surface area contributed by atoms with Crippen molar-refractivity contribution >= 4 is 11.8 Å². The SMILES string of the molecule is CCc1ccccc1CN1C(=O)CCC1=O. The van der Waals surface area contributed by atoms with Gasteiger partial charge in [-0.1, -0.05) is 31.2 Å². The minimum absolute atomic E-state index is 0.0455. The third-order valence-corrected chi connectivity index (χ3v) is 2.98. The lowest BCUT2D eigenvalue weighted by atomic mass is 10.1. The second kappa shape index (κ2) is 4.47. The van der Waals surface area contributed by atoms with E-state index in [2.05, 4.69) is 6.92 Å². The van der Waals surface area contributed by atoms with Crippen molar-refractivity contribution in [1.82, 2.24) is 4.90 Å². The normalized spacial score (nSPS) is 15.9. The van der Waals surface area contributed by atoms with E-state index < -0.39 is 0 Å². The van der Waals surface area contributed by atoms with Crippen molar-refractivity contribution in [2.24, 2.45) is 0 Å². The van der Waals surface area contributed by atoms with Crippen LogP contribution in [0.25, 0.3) is 0 Å². The zero-order chi connectivity index (χ0) is 11.5. The second-order valence-electron chi connectivity index (χ2n) is 4.00. The average Bonchev–Trinajstić information content (AvgIpc) is 2.61. The average molecular weight is 217 g/mol. The number of rotatable bonds is 3. The molecule has 1 saturated heterocycles. The maximum atomic E-state index is 11.5. The van der Waals surface area contributed by atoms with Gasteiger partial charge >= 0.3 is 0 Å². The van der Waals surface area contributed by atoms with E-state index in [1.165, 1.54) is 10.5 Å². The van der Waals surface area contributed by atoms with E-state index in [-0.39, 0.29) is 11.8 Å². The van der Waals surface area contributed by atoms with Gasteiger partial charge < -0.3 is 0 Å². The molecule has 2 amide bonds. The molecule has 1 aromatic carbocycles. The van der Waals surface area contributed by atoms with Crippen molar-refractivity contribution in [1.29, 1.82) is 0 Å². The summed E-state index contributed by atoms with van der Waals surface area (Å²) < 4.78 is 0. The Kier molecular flexibility index (Phi) is 3.04. The van der Waals surface area contributed by atoms with Gasteiger partial charge in [-0.2, -0.15) is 0 Å². The Bertz CT molecular complexity index is 410. The predicted molar refractivity (Wildman–Crippen MR) is 60.6 cm³/mol. The van der Waals surface area contributed by atoms with E-state index in [0.29, 0.717) is 19.4 Å². The molecule has 0 N–H and O–H groups in total. The summed E-state index contributed by atoms with van der Waals surface area (Å²) in [6, 6.07) is 7.95. The molecule has 0 aliphatic carbocycles. The smallest absolute Gasteiger partial charge is 0.229 e. The molecular weight excluding hydrogens is 202 g/mol. The van der Waals surface area contributed by atoms with Crippen LogP contribution in [0.4, 0.5) is 0 Å². The Hall–Kier alpha value is -1.64. The summed E-state index contributed by atoms with van der Waals surface area (Å²) in [7, 11) is 0. The van der Waals surface area contributed by atoms with Crippen molar-refractivity contribution in [3.63, 3.8) is 0 Å². The van der Waals surface area contributed by atoms with E-state index in [1.54, 1.807) is 0 Å². The van der Waals surface area contributed by atoms with E-state index in [1.807, 2.05) is 24.3 Å². The number of carbonyl (C=O) groups is 2. The monoisotopic (exact) mass is 217 g/mol. The molecular formula is C13H15NO2. The minimum atomic E-state index is -0.0455. The maximum absolute atomic E-state index is 11.5. The van der Waals surface area contributed by atoms with Gasteiger partial charge in [-0.25, -0.2) is 0 Å². The second-order valence-corrected chi connectivity index (χ2v) is 4.00. The first kappa shape index (κ1) is 10.9. The molecule has 0 spiro atoms. The number of aryl methyl sites for hydroxylation is 1. The predicted octanol–water partition coefficient (Wildman–Crippen LogP) is 1.90. The summed E-state index contributed by atoms with van der Waals surface area (Å²) in [6.45, 7) is 2.51. The first-order valence-electron chi connectivity index (χ1n) is 5.62. The van der Waals surface area contributed by atoms with Crippen LogP contribution in [0.5, 0.6) is 0 Å². The summed E-state index contributed by atoms with van der Waals surface area (Å²) in [5, 5.41) is 0. The van der Waals surface area contributed by atoms with Gasteiger partial charge in [-0.15, -0.1) is 0 Å². The zero-order valence-electron chi connectivity index (χ0n) is 9.40. The first-order valence-corrected chi connectivity index (χ1v) is 5.62. The number of carbonyl (C=O) groups excluding carboxylic acids is 2. The van der Waals surface area contributed by atoms with Crippen LogP contribution in [0, 0.1) is 0 Å². The lowest BCUT2D eigenvalue weighted by molar-refractivity contribution is -0.139. The fraction of sp³-hybridized carbons (Fsp3) is 0.385. The third-order valence-electron chi connectivity index (χ3n) is 2.98. The molecule has 0 atom stereocenters. The molecule has 16 heavy (non-hydrogen) atoms. The molecule has 0 unspecified atom stereocenters. The Morgan fingerprint density at radius 1 is 1.06 bits per heavy atom. The topological polar surface area (TPSA) is 37.4 Å². The van der Waals surface area contributed by atoms with E-state index in [0.717, 1.165) is 12.0 Å². The molecule has 1 aliphatic heterocycles. The van der Waals surface area contributed by atoms with Gasteiger partial charge in [0.2, 0.25) is 11.8 Å². The molecule has 84 valence electrons. The zero-order valence-corrected chi connectivity index (χ0v) is 9.40. The first-order chi connectivity index (χ1) is 7.72. The van der Waals surface area contributed by atoms with Crippen molar-refractivity contribution in [3.8, 4) is 0 Å². The summed E-state index contributed by atoms with van der Waals surface area (Å²) in [6.07, 6.45) is 1.66. The fourth-order valence-corrected chi connectivity index (χ4v) is 2.03. The third kappa shape index (κ3) is 1.98. The molecule has 2 rings (SSSR count). The van der Waals surface area contributed by atoms with Gasteiger partial charge in [0.15, 0.2) is 0 Å². The van der Waals surface area contributed by atoms with Gasteiger partial charge in [-0.3, -0.25) is 14.5 Å². The van der Waals surface area contributed by atoms with E-state index >= 15 is 0 Å². The largest absolute Gasteiger partial charge is 0.278 e. The number of hydrogen-bond acceptors (Lipinski definition) is 2. The molecule has 1 heterocycles. The van der Waals surface area contributed by atoms with Crippen LogP contribution in [0.2, 0.25) is 0 Å². The molecule has 0 bridgehead atoms. The maximum Gasteiger partial charge on any atom is 0.229 e. The molecule has 0 radical (unpaired) electrons. The van der Waals surface area contributed by atoms with Crippen LogP contribution in [0.15, 0.2) is 24.3 Å². The summed E-state index contributed by atoms with van der Waals surface area (Å²) in [5.74, 6) is -0.0909. The van der Waals surface area contributed by atoms with Gasteiger partial charge in [-0.05, 0) is 17.5 Å². The molecule has 3 nitrogen and oxygen atoms in total. The molecule has 0 aromatic heterocycles. The van der Waals surface area contributed by atoms with Crippen molar-refractivity contribution < 1.29 is 9.59 Å². The highest BCUT2D eigenvalue weighted by Gasteiger charge is 2.28. The Morgan fingerprint density at radius 3 is 2.19 bits per heavy atom. The minimum Gasteiger partial charge on any atom is -0.278 e. The number of amides is 2. The Morgan fingerprint density at radius 2 is 1.62 bits per heavy atom. The van der Waals surface area contributed by atoms with Crippen molar-refractivity contribution in [3.05, 3.63) is 35.4 Å². The van der Waals surface area contributed by atoms with Crippen molar-refractivity contribution in [2.45, 2.75) is 32.7 Å². The van der Waals surface area contributed by atoms with Crippen LogP contribution in [-0.2, 0) is 22.6 Å².